The van der Waals surface area contributed by atoms with Gasteiger partial charge in [0, 0.05) is 38.3 Å². The number of benzene rings is 1. The number of carbonyl (C=O) groups excluding carboxylic acids is 1. The highest BCUT2D eigenvalue weighted by molar-refractivity contribution is 6.29. The van der Waals surface area contributed by atoms with Crippen LogP contribution in [0.25, 0.3) is 11.0 Å². The Morgan fingerprint density at radius 3 is 2.33 bits per heavy atom. The fourth-order valence-corrected chi connectivity index (χ4v) is 5.42. The molecule has 0 N–H and O–H groups in total. The summed E-state index contributed by atoms with van der Waals surface area (Å²) in [6.45, 7) is 4.97. The van der Waals surface area contributed by atoms with E-state index in [-0.39, 0.29) is 23.7 Å². The van der Waals surface area contributed by atoms with E-state index in [0.29, 0.717) is 48.3 Å². The summed E-state index contributed by atoms with van der Waals surface area (Å²) in [6, 6.07) is 7.58. The predicted molar refractivity (Wildman–Crippen MR) is 143 cm³/mol. The molecule has 1 unspecified atom stereocenters. The highest BCUT2D eigenvalue weighted by Gasteiger charge is 2.39. The maximum Gasteiger partial charge on any atom is 0.416 e. The topological polar surface area (TPSA) is 80.6 Å². The minimum Gasteiger partial charge on any atom is -0.469 e. The Labute approximate surface area is 229 Å². The number of aromatic nitrogens is 3. The van der Waals surface area contributed by atoms with Crippen LogP contribution in [0.4, 0.5) is 19.0 Å². The molecule has 1 fully saturated rings. The lowest BCUT2D eigenvalue weighted by atomic mass is 9.94. The molecule has 12 heteroatoms. The number of hydrogen-bond acceptors (Lipinski definition) is 7. The van der Waals surface area contributed by atoms with Crippen molar-refractivity contribution in [3.63, 3.8) is 0 Å². The molecule has 3 aromatic rings. The van der Waals surface area contributed by atoms with E-state index in [1.807, 2.05) is 13.8 Å². The molecule has 0 radical (unpaired) electrons. The zero-order valence-corrected chi connectivity index (χ0v) is 23.0. The SMILES string of the molecule is CC[C@H]1CN(C(CC(=O)OC)c2ccc(C(F)(F)F)cc2)[C@H](CC)CN1c1nc(=O)n(C)c2ccc(Cl)nc12. The standard InChI is InChI=1S/C27H31ClF3N5O3/c1-5-18-15-36(25-24-20(11-12-22(28)32-24)34(3)26(38)33-25)19(6-2)14-35(18)21(13-23(37)39-4)16-7-9-17(10-8-16)27(29,30)31/h7-12,18-19,21H,5-6,13-15H2,1-4H3/t18-,19+,21?/m1/s1. The molecular formula is C27H31ClF3N5O3. The lowest BCUT2D eigenvalue weighted by Gasteiger charge is -2.49. The number of pyridine rings is 1. The van der Waals surface area contributed by atoms with Crippen LogP contribution in [0.15, 0.2) is 41.2 Å². The number of nitrogens with zero attached hydrogens (tertiary/aromatic N) is 5. The average Bonchev–Trinajstić information content (AvgIpc) is 2.92. The van der Waals surface area contributed by atoms with Crippen LogP contribution < -0.4 is 10.6 Å². The maximum atomic E-state index is 13.2. The Hall–Kier alpha value is -3.18. The third-order valence-electron chi connectivity index (χ3n) is 7.47. The van der Waals surface area contributed by atoms with Gasteiger partial charge in [-0.3, -0.25) is 14.3 Å². The van der Waals surface area contributed by atoms with Gasteiger partial charge in [0.25, 0.3) is 0 Å². The quantitative estimate of drug-likeness (QED) is 0.295. The summed E-state index contributed by atoms with van der Waals surface area (Å²) in [5, 5.41) is 0.281. The molecule has 0 amide bonds. The average molecular weight is 566 g/mol. The normalized spacial score (nSPS) is 19.3. The first kappa shape index (κ1) is 28.8. The summed E-state index contributed by atoms with van der Waals surface area (Å²) in [6.07, 6.45) is -3.11. The fraction of sp³-hybridized carbons (Fsp3) is 0.481. The van der Waals surface area contributed by atoms with Crippen LogP contribution in [0.2, 0.25) is 5.15 Å². The maximum absolute atomic E-state index is 13.2. The zero-order valence-electron chi connectivity index (χ0n) is 22.2. The van der Waals surface area contributed by atoms with Gasteiger partial charge in [-0.05, 0) is 42.7 Å². The molecule has 1 aliphatic heterocycles. The fourth-order valence-electron chi connectivity index (χ4n) is 5.27. The van der Waals surface area contributed by atoms with Gasteiger partial charge in [0.05, 0.1) is 24.6 Å². The summed E-state index contributed by atoms with van der Waals surface area (Å²) in [5.41, 5.74) is 0.551. The Morgan fingerprint density at radius 2 is 1.74 bits per heavy atom. The first-order valence-corrected chi connectivity index (χ1v) is 13.2. The van der Waals surface area contributed by atoms with Crippen molar-refractivity contribution in [2.45, 2.75) is 57.4 Å². The van der Waals surface area contributed by atoms with Gasteiger partial charge >= 0.3 is 17.8 Å². The number of carbonyl (C=O) groups is 1. The second-order valence-electron chi connectivity index (χ2n) is 9.67. The van der Waals surface area contributed by atoms with Crippen LogP contribution in [-0.2, 0) is 22.8 Å². The number of piperazine rings is 1. The predicted octanol–water partition coefficient (Wildman–Crippen LogP) is 4.98. The second-order valence-corrected chi connectivity index (χ2v) is 10.1. The van der Waals surface area contributed by atoms with E-state index in [2.05, 4.69) is 19.8 Å². The van der Waals surface area contributed by atoms with E-state index in [0.717, 1.165) is 12.1 Å². The number of methoxy groups -OCH3 is 1. The molecule has 3 atom stereocenters. The Kier molecular flexibility index (Phi) is 8.51. The number of hydrogen-bond donors (Lipinski definition) is 0. The molecule has 1 aromatic carbocycles. The van der Waals surface area contributed by atoms with E-state index < -0.39 is 29.4 Å². The van der Waals surface area contributed by atoms with Crippen LogP contribution in [0, 0.1) is 0 Å². The second kappa shape index (κ2) is 11.5. The smallest absolute Gasteiger partial charge is 0.416 e. The summed E-state index contributed by atoms with van der Waals surface area (Å²) in [7, 11) is 2.92. The molecule has 1 aliphatic rings. The Bertz CT molecular complexity index is 1400. The summed E-state index contributed by atoms with van der Waals surface area (Å²) >= 11 is 6.21. The van der Waals surface area contributed by atoms with E-state index in [9.17, 15) is 22.8 Å². The van der Waals surface area contributed by atoms with Gasteiger partial charge in [0.15, 0.2) is 5.82 Å². The van der Waals surface area contributed by atoms with Crippen molar-refractivity contribution in [3.8, 4) is 0 Å². The molecule has 8 nitrogen and oxygen atoms in total. The van der Waals surface area contributed by atoms with Gasteiger partial charge < -0.3 is 9.64 Å². The van der Waals surface area contributed by atoms with Crippen molar-refractivity contribution in [1.29, 1.82) is 0 Å². The van der Waals surface area contributed by atoms with E-state index >= 15 is 0 Å². The number of esters is 1. The van der Waals surface area contributed by atoms with Crippen molar-refractivity contribution >= 4 is 34.4 Å². The third-order valence-corrected chi connectivity index (χ3v) is 7.68. The van der Waals surface area contributed by atoms with Crippen molar-refractivity contribution in [3.05, 3.63) is 63.2 Å². The van der Waals surface area contributed by atoms with Crippen LogP contribution in [0.1, 0.15) is 50.3 Å². The molecule has 0 bridgehead atoms. The van der Waals surface area contributed by atoms with Gasteiger partial charge in [-0.25, -0.2) is 9.78 Å². The van der Waals surface area contributed by atoms with Crippen molar-refractivity contribution in [1.82, 2.24) is 19.4 Å². The van der Waals surface area contributed by atoms with E-state index in [1.54, 1.807) is 19.2 Å². The zero-order chi connectivity index (χ0) is 28.5. The molecule has 210 valence electrons. The first-order chi connectivity index (χ1) is 18.5. The van der Waals surface area contributed by atoms with Crippen molar-refractivity contribution in [2.24, 2.45) is 7.05 Å². The van der Waals surface area contributed by atoms with Gasteiger partial charge in [-0.1, -0.05) is 37.6 Å². The number of rotatable bonds is 7. The molecule has 4 rings (SSSR count). The van der Waals surface area contributed by atoms with Gasteiger partial charge in [0.2, 0.25) is 0 Å². The summed E-state index contributed by atoms with van der Waals surface area (Å²) < 4.78 is 46.0. The van der Waals surface area contributed by atoms with Gasteiger partial charge in [-0.2, -0.15) is 18.2 Å². The number of fused-ring (bicyclic) bond motifs is 1. The molecule has 39 heavy (non-hydrogen) atoms. The van der Waals surface area contributed by atoms with Crippen LogP contribution in [0.5, 0.6) is 0 Å². The van der Waals surface area contributed by atoms with E-state index in [1.165, 1.54) is 23.8 Å². The molecule has 0 aliphatic carbocycles. The molecule has 3 heterocycles. The molecule has 2 aromatic heterocycles. The molecule has 0 saturated carbocycles. The van der Waals surface area contributed by atoms with Crippen LogP contribution in [0.3, 0.4) is 0 Å². The highest BCUT2D eigenvalue weighted by atomic mass is 35.5. The van der Waals surface area contributed by atoms with Crippen molar-refractivity contribution in [2.75, 3.05) is 25.1 Å². The highest BCUT2D eigenvalue weighted by Crippen LogP contribution is 2.37. The van der Waals surface area contributed by atoms with Crippen LogP contribution >= 0.6 is 11.6 Å². The number of aryl methyl sites for hydroxylation is 1. The number of ether oxygens (including phenoxy) is 1. The summed E-state index contributed by atoms with van der Waals surface area (Å²) in [4.78, 5) is 38.3. The number of halogens is 4. The monoisotopic (exact) mass is 565 g/mol. The number of anilines is 1. The minimum absolute atomic E-state index is 0.0149. The minimum atomic E-state index is -4.46. The molecular weight excluding hydrogens is 535 g/mol. The van der Waals surface area contributed by atoms with Crippen molar-refractivity contribution < 1.29 is 22.7 Å². The largest absolute Gasteiger partial charge is 0.469 e. The molecule has 0 spiro atoms. The summed E-state index contributed by atoms with van der Waals surface area (Å²) in [5.74, 6) is -0.0112. The van der Waals surface area contributed by atoms with Gasteiger partial charge in [-0.15, -0.1) is 0 Å². The van der Waals surface area contributed by atoms with Crippen LogP contribution in [-0.4, -0.2) is 57.7 Å². The lowest BCUT2D eigenvalue weighted by Crippen LogP contribution is -2.59. The Morgan fingerprint density at radius 1 is 1.08 bits per heavy atom. The number of alkyl halides is 3. The first-order valence-electron chi connectivity index (χ1n) is 12.8. The molecule has 1 saturated heterocycles. The third kappa shape index (κ3) is 5.89. The van der Waals surface area contributed by atoms with Gasteiger partial charge in [0.1, 0.15) is 10.7 Å². The lowest BCUT2D eigenvalue weighted by molar-refractivity contribution is -0.142. The Balaban J connectivity index is 1.75. The van der Waals surface area contributed by atoms with E-state index in [4.69, 9.17) is 16.3 Å².